The van der Waals surface area contributed by atoms with E-state index in [0.717, 1.165) is 26.3 Å². The Labute approximate surface area is 84.4 Å². The van der Waals surface area contributed by atoms with Gasteiger partial charge in [0.2, 0.25) is 0 Å². The number of rotatable bonds is 1. The zero-order chi connectivity index (χ0) is 7.66. The molecule has 70 valence electrons. The Morgan fingerprint density at radius 3 is 1.64 bits per heavy atom. The molecule has 1 rings (SSSR count). The Bertz CT molecular complexity index is 48.3. The second-order valence-electron chi connectivity index (χ2n) is 1.81. The Morgan fingerprint density at radius 2 is 1.55 bits per heavy atom. The standard InChI is InChI=1S/C4H9NO.C2H6O2.Sb.3H/c1-3-6-4-2-5-1;3-1-2-4;;;;/h5H,1-4H2;3-4H,1-2H2;;;;. The Hall–Kier alpha value is 0.658. The molecule has 1 fully saturated rings. The molecule has 0 unspecified atom stereocenters. The molecule has 0 aromatic rings. The van der Waals surface area contributed by atoms with Gasteiger partial charge in [-0.3, -0.25) is 0 Å². The van der Waals surface area contributed by atoms with Crippen molar-refractivity contribution in [3.63, 3.8) is 0 Å². The molecule has 4 nitrogen and oxygen atoms in total. The third kappa shape index (κ3) is 13.6. The molecule has 0 spiro atoms. The second kappa shape index (κ2) is 13.3. The fourth-order valence-corrected chi connectivity index (χ4v) is 0.516. The predicted octanol–water partition coefficient (Wildman–Crippen LogP) is -2.61. The van der Waals surface area contributed by atoms with Gasteiger partial charge in [0.15, 0.2) is 0 Å². The van der Waals surface area contributed by atoms with Crippen LogP contribution in [0.5, 0.6) is 0 Å². The second-order valence-corrected chi connectivity index (χ2v) is 1.81. The summed E-state index contributed by atoms with van der Waals surface area (Å²) in [6.07, 6.45) is 0. The van der Waals surface area contributed by atoms with E-state index in [-0.39, 0.29) is 37.6 Å². The van der Waals surface area contributed by atoms with Crippen LogP contribution in [0.25, 0.3) is 0 Å². The van der Waals surface area contributed by atoms with Crippen LogP contribution in [0.3, 0.4) is 0 Å². The molecule has 0 aliphatic carbocycles. The molecule has 3 N–H and O–H groups in total. The van der Waals surface area contributed by atoms with Crippen LogP contribution in [-0.2, 0) is 4.74 Å². The molecule has 5 heteroatoms. The molecule has 0 amide bonds. The first-order chi connectivity index (χ1) is 4.91. The Balaban J connectivity index is 0. The molecule has 0 atom stereocenters. The monoisotopic (exact) mass is 273 g/mol. The fourth-order valence-electron chi connectivity index (χ4n) is 0.516. The molecular formula is C6H18NO3Sb. The number of nitrogens with one attached hydrogen (secondary N) is 1. The third-order valence-electron chi connectivity index (χ3n) is 0.946. The van der Waals surface area contributed by atoms with Gasteiger partial charge in [0, 0.05) is 13.1 Å². The van der Waals surface area contributed by atoms with E-state index in [1.807, 2.05) is 0 Å². The first kappa shape index (κ1) is 14.2. The summed E-state index contributed by atoms with van der Waals surface area (Å²) in [4.78, 5) is 0. The SMILES string of the molecule is C1COCCN1.OCCO.[SbH3]. The van der Waals surface area contributed by atoms with Crippen molar-refractivity contribution in [1.29, 1.82) is 0 Å². The first-order valence-electron chi connectivity index (χ1n) is 3.42. The van der Waals surface area contributed by atoms with Crippen LogP contribution >= 0.6 is 0 Å². The normalized spacial score (nSPS) is 15.8. The number of hydrogen-bond donors (Lipinski definition) is 3. The van der Waals surface area contributed by atoms with Crippen molar-refractivity contribution in [3.8, 4) is 0 Å². The number of aliphatic hydroxyl groups excluding tert-OH is 2. The molecule has 1 saturated heterocycles. The summed E-state index contributed by atoms with van der Waals surface area (Å²) >= 11 is 0. The molecule has 0 radical (unpaired) electrons. The van der Waals surface area contributed by atoms with Crippen molar-refractivity contribution >= 4 is 24.4 Å². The van der Waals surface area contributed by atoms with E-state index in [2.05, 4.69) is 5.32 Å². The van der Waals surface area contributed by atoms with Crippen LogP contribution in [0, 0.1) is 0 Å². The van der Waals surface area contributed by atoms with Gasteiger partial charge in [-0.25, -0.2) is 0 Å². The molecule has 0 aromatic carbocycles. The molecular weight excluding hydrogens is 256 g/mol. The zero-order valence-corrected chi connectivity index (χ0v) is 10.8. The summed E-state index contributed by atoms with van der Waals surface area (Å²) in [5.41, 5.74) is 0. The van der Waals surface area contributed by atoms with Crippen molar-refractivity contribution in [2.24, 2.45) is 0 Å². The fraction of sp³-hybridized carbons (Fsp3) is 1.00. The topological polar surface area (TPSA) is 61.7 Å². The number of morpholine rings is 1. The van der Waals surface area contributed by atoms with E-state index in [0.29, 0.717) is 0 Å². The van der Waals surface area contributed by atoms with E-state index in [1.165, 1.54) is 0 Å². The minimum atomic E-state index is -0.125. The summed E-state index contributed by atoms with van der Waals surface area (Å²) < 4.78 is 5.01. The van der Waals surface area contributed by atoms with Gasteiger partial charge in [0.1, 0.15) is 0 Å². The van der Waals surface area contributed by atoms with E-state index in [1.54, 1.807) is 0 Å². The summed E-state index contributed by atoms with van der Waals surface area (Å²) in [5, 5.41) is 18.4. The maximum atomic E-state index is 7.62. The molecule has 1 aliphatic heterocycles. The average molecular weight is 274 g/mol. The number of aliphatic hydroxyl groups is 2. The molecule has 11 heavy (non-hydrogen) atoms. The van der Waals surface area contributed by atoms with Crippen LogP contribution in [0.2, 0.25) is 0 Å². The van der Waals surface area contributed by atoms with Gasteiger partial charge < -0.3 is 20.3 Å². The molecule has 1 heterocycles. The molecule has 1 aliphatic rings. The Morgan fingerprint density at radius 1 is 1.09 bits per heavy atom. The van der Waals surface area contributed by atoms with Gasteiger partial charge in [-0.2, -0.15) is 0 Å². The van der Waals surface area contributed by atoms with Gasteiger partial charge in [-0.15, -0.1) is 0 Å². The van der Waals surface area contributed by atoms with Crippen molar-refractivity contribution < 1.29 is 14.9 Å². The predicted molar refractivity (Wildman–Crippen MR) is 47.8 cm³/mol. The summed E-state index contributed by atoms with van der Waals surface area (Å²) in [5.74, 6) is 0. The number of ether oxygens (including phenoxy) is 1. The Kier molecular flexibility index (Phi) is 17.1. The maximum absolute atomic E-state index is 7.62. The van der Waals surface area contributed by atoms with E-state index < -0.39 is 0 Å². The number of hydrogen-bond acceptors (Lipinski definition) is 4. The third-order valence-corrected chi connectivity index (χ3v) is 0.946. The molecule has 0 aromatic heterocycles. The van der Waals surface area contributed by atoms with Crippen LogP contribution in [0.15, 0.2) is 0 Å². The van der Waals surface area contributed by atoms with Crippen molar-refractivity contribution in [2.45, 2.75) is 0 Å². The zero-order valence-electron chi connectivity index (χ0n) is 6.75. The van der Waals surface area contributed by atoms with Gasteiger partial charge in [-0.1, -0.05) is 0 Å². The van der Waals surface area contributed by atoms with Crippen molar-refractivity contribution in [1.82, 2.24) is 5.32 Å². The van der Waals surface area contributed by atoms with Gasteiger partial charge >= 0.3 is 24.4 Å². The van der Waals surface area contributed by atoms with Crippen LogP contribution in [0.4, 0.5) is 0 Å². The summed E-state index contributed by atoms with van der Waals surface area (Å²) in [6.45, 7) is 3.58. The van der Waals surface area contributed by atoms with Crippen LogP contribution < -0.4 is 5.32 Å². The van der Waals surface area contributed by atoms with Crippen LogP contribution in [-0.4, -0.2) is 74.2 Å². The van der Waals surface area contributed by atoms with Crippen LogP contribution in [0.1, 0.15) is 0 Å². The quantitative estimate of drug-likeness (QED) is 0.459. The molecule has 0 bridgehead atoms. The average Bonchev–Trinajstić information content (AvgIpc) is 2.08. The molecule has 0 saturated carbocycles. The van der Waals surface area contributed by atoms with Crippen molar-refractivity contribution in [2.75, 3.05) is 39.5 Å². The minimum absolute atomic E-state index is 0. The van der Waals surface area contributed by atoms with E-state index in [9.17, 15) is 0 Å². The van der Waals surface area contributed by atoms with E-state index >= 15 is 0 Å². The summed E-state index contributed by atoms with van der Waals surface area (Å²) in [6, 6.07) is 0. The van der Waals surface area contributed by atoms with E-state index in [4.69, 9.17) is 14.9 Å². The van der Waals surface area contributed by atoms with Crippen molar-refractivity contribution in [3.05, 3.63) is 0 Å². The van der Waals surface area contributed by atoms with Gasteiger partial charge in [-0.05, 0) is 0 Å². The van der Waals surface area contributed by atoms with Gasteiger partial charge in [0.05, 0.1) is 26.4 Å². The first-order valence-corrected chi connectivity index (χ1v) is 3.42. The summed E-state index contributed by atoms with van der Waals surface area (Å²) in [7, 11) is 0. The van der Waals surface area contributed by atoms with Gasteiger partial charge in [0.25, 0.3) is 0 Å².